The van der Waals surface area contributed by atoms with Crippen molar-refractivity contribution in [1.82, 2.24) is 0 Å². The Kier molecular flexibility index (Phi) is 5.67. The van der Waals surface area contributed by atoms with Gasteiger partial charge in [-0.05, 0) is 49.4 Å². The van der Waals surface area contributed by atoms with Crippen molar-refractivity contribution in [2.24, 2.45) is 11.7 Å². The van der Waals surface area contributed by atoms with Crippen LogP contribution in [0.1, 0.15) is 18.4 Å². The third kappa shape index (κ3) is 4.79. The molecule has 0 bridgehead atoms. The zero-order valence-electron chi connectivity index (χ0n) is 11.6. The maximum atomic E-state index is 5.67. The predicted molar refractivity (Wildman–Crippen MR) is 83.7 cm³/mol. The van der Waals surface area contributed by atoms with Gasteiger partial charge in [0.2, 0.25) is 0 Å². The maximum Gasteiger partial charge on any atom is 0.0641 e. The molecule has 1 saturated carbocycles. The van der Waals surface area contributed by atoms with Crippen LogP contribution < -0.4 is 10.6 Å². The minimum Gasteiger partial charge on any atom is -0.379 e. The molecule has 0 amide bonds. The summed E-state index contributed by atoms with van der Waals surface area (Å²) < 4.78 is 6.81. The summed E-state index contributed by atoms with van der Waals surface area (Å²) in [6, 6.07) is 6.45. The summed E-state index contributed by atoms with van der Waals surface area (Å²) >= 11 is 3.61. The van der Waals surface area contributed by atoms with Crippen LogP contribution in [0.15, 0.2) is 22.7 Å². The van der Waals surface area contributed by atoms with E-state index in [1.165, 1.54) is 24.1 Å². The van der Waals surface area contributed by atoms with E-state index in [1.807, 2.05) is 0 Å². The molecule has 1 fully saturated rings. The van der Waals surface area contributed by atoms with Gasteiger partial charge in [0, 0.05) is 30.4 Å². The molecule has 106 valence electrons. The van der Waals surface area contributed by atoms with Gasteiger partial charge in [0.25, 0.3) is 0 Å². The van der Waals surface area contributed by atoms with Crippen LogP contribution >= 0.6 is 15.9 Å². The fourth-order valence-corrected chi connectivity index (χ4v) is 2.56. The normalized spacial score (nSPS) is 14.7. The largest absolute Gasteiger partial charge is 0.379 e. The lowest BCUT2D eigenvalue weighted by Crippen LogP contribution is -2.23. The van der Waals surface area contributed by atoms with Gasteiger partial charge < -0.3 is 15.4 Å². The van der Waals surface area contributed by atoms with Crippen LogP contribution in [0.2, 0.25) is 0 Å². The molecule has 0 unspecified atom stereocenters. The Labute approximate surface area is 124 Å². The number of hydrogen-bond donors (Lipinski definition) is 1. The molecular weight excluding hydrogens is 304 g/mol. The quantitative estimate of drug-likeness (QED) is 0.746. The number of benzene rings is 1. The Morgan fingerprint density at radius 1 is 1.42 bits per heavy atom. The molecule has 1 aromatic rings. The minimum atomic E-state index is 0.683. The van der Waals surface area contributed by atoms with Gasteiger partial charge in [-0.3, -0.25) is 0 Å². The average molecular weight is 327 g/mol. The van der Waals surface area contributed by atoms with Crippen molar-refractivity contribution in [3.05, 3.63) is 28.2 Å². The predicted octanol–water partition coefficient (Wildman–Crippen LogP) is 2.81. The van der Waals surface area contributed by atoms with Crippen LogP contribution in [0.5, 0.6) is 0 Å². The van der Waals surface area contributed by atoms with Gasteiger partial charge >= 0.3 is 0 Å². The van der Waals surface area contributed by atoms with Crippen molar-refractivity contribution in [2.45, 2.75) is 19.3 Å². The summed E-state index contributed by atoms with van der Waals surface area (Å²) in [5.41, 5.74) is 8.07. The number of anilines is 1. The zero-order valence-corrected chi connectivity index (χ0v) is 13.2. The van der Waals surface area contributed by atoms with Gasteiger partial charge in [-0.1, -0.05) is 22.0 Å². The van der Waals surface area contributed by atoms with Crippen molar-refractivity contribution in [3.63, 3.8) is 0 Å². The first-order valence-corrected chi connectivity index (χ1v) is 7.77. The molecule has 1 aliphatic rings. The monoisotopic (exact) mass is 326 g/mol. The van der Waals surface area contributed by atoms with Gasteiger partial charge in [0.05, 0.1) is 6.61 Å². The molecule has 19 heavy (non-hydrogen) atoms. The Bertz CT molecular complexity index is 407. The second-order valence-corrected chi connectivity index (χ2v) is 6.11. The second kappa shape index (κ2) is 7.27. The zero-order chi connectivity index (χ0) is 13.7. The Hall–Kier alpha value is -0.580. The standard InChI is InChI=1S/C15H23BrN2O/c1-18(8-9-19-11-12-2-3-12)14-5-4-13(6-7-17)15(16)10-14/h4-5,10,12H,2-3,6-9,11,17H2,1H3. The number of nitrogens with zero attached hydrogens (tertiary/aromatic N) is 1. The van der Waals surface area contributed by atoms with Crippen molar-refractivity contribution in [1.29, 1.82) is 0 Å². The molecule has 0 spiro atoms. The van der Waals surface area contributed by atoms with Crippen LogP contribution in [0.3, 0.4) is 0 Å². The fraction of sp³-hybridized carbons (Fsp3) is 0.600. The van der Waals surface area contributed by atoms with Crippen molar-refractivity contribution >= 4 is 21.6 Å². The molecule has 0 saturated heterocycles. The maximum absolute atomic E-state index is 5.67. The molecule has 0 atom stereocenters. The van der Waals surface area contributed by atoms with Crippen LogP contribution in [0.25, 0.3) is 0 Å². The highest BCUT2D eigenvalue weighted by atomic mass is 79.9. The lowest BCUT2D eigenvalue weighted by Gasteiger charge is -2.20. The summed E-state index contributed by atoms with van der Waals surface area (Å²) in [6.45, 7) is 3.35. The fourth-order valence-electron chi connectivity index (χ4n) is 2.00. The van der Waals surface area contributed by atoms with Gasteiger partial charge in [0.1, 0.15) is 0 Å². The average Bonchev–Trinajstić information content (AvgIpc) is 3.21. The van der Waals surface area contributed by atoms with Crippen molar-refractivity contribution < 1.29 is 4.74 Å². The van der Waals surface area contributed by atoms with Crippen LogP contribution in [-0.2, 0) is 11.2 Å². The molecular formula is C15H23BrN2O. The van der Waals surface area contributed by atoms with Crippen LogP contribution in [0, 0.1) is 5.92 Å². The van der Waals surface area contributed by atoms with E-state index in [-0.39, 0.29) is 0 Å². The molecule has 0 aliphatic heterocycles. The number of hydrogen-bond acceptors (Lipinski definition) is 3. The van der Waals surface area contributed by atoms with Gasteiger partial charge in [0.15, 0.2) is 0 Å². The molecule has 4 heteroatoms. The highest BCUT2D eigenvalue weighted by molar-refractivity contribution is 9.10. The summed E-state index contributed by atoms with van der Waals surface area (Å²) in [5, 5.41) is 0. The molecule has 1 aliphatic carbocycles. The first kappa shape index (κ1) is 14.8. The smallest absolute Gasteiger partial charge is 0.0641 e. The van der Waals surface area contributed by atoms with E-state index in [2.05, 4.69) is 46.1 Å². The summed E-state index contributed by atoms with van der Waals surface area (Å²) in [4.78, 5) is 2.23. The molecule has 0 heterocycles. The summed E-state index contributed by atoms with van der Waals surface area (Å²) in [6.07, 6.45) is 3.62. The lowest BCUT2D eigenvalue weighted by molar-refractivity contribution is 0.131. The van der Waals surface area contributed by atoms with Gasteiger partial charge in [-0.25, -0.2) is 0 Å². The first-order chi connectivity index (χ1) is 9.20. The molecule has 2 N–H and O–H groups in total. The Morgan fingerprint density at radius 3 is 2.84 bits per heavy atom. The van der Waals surface area contributed by atoms with Crippen LogP contribution in [0.4, 0.5) is 5.69 Å². The number of nitrogens with two attached hydrogens (primary N) is 1. The Morgan fingerprint density at radius 2 is 2.21 bits per heavy atom. The Balaban J connectivity index is 1.80. The topological polar surface area (TPSA) is 38.5 Å². The minimum absolute atomic E-state index is 0.683. The van der Waals surface area contributed by atoms with Gasteiger partial charge in [-0.2, -0.15) is 0 Å². The number of likely N-dealkylation sites (N-methyl/N-ethyl adjacent to an activating group) is 1. The van der Waals surface area contributed by atoms with Crippen molar-refractivity contribution in [3.8, 4) is 0 Å². The second-order valence-electron chi connectivity index (χ2n) is 5.25. The third-order valence-electron chi connectivity index (χ3n) is 3.51. The first-order valence-electron chi connectivity index (χ1n) is 6.98. The SMILES string of the molecule is CN(CCOCC1CC1)c1ccc(CCN)c(Br)c1. The molecule has 0 aromatic heterocycles. The number of rotatable bonds is 8. The third-order valence-corrected chi connectivity index (χ3v) is 4.25. The molecule has 2 rings (SSSR count). The lowest BCUT2D eigenvalue weighted by atomic mass is 10.1. The molecule has 3 nitrogen and oxygen atoms in total. The van der Waals surface area contributed by atoms with E-state index in [9.17, 15) is 0 Å². The van der Waals surface area contributed by atoms with E-state index in [0.29, 0.717) is 6.54 Å². The van der Waals surface area contributed by atoms with E-state index < -0.39 is 0 Å². The van der Waals surface area contributed by atoms with E-state index in [1.54, 1.807) is 0 Å². The highest BCUT2D eigenvalue weighted by Gasteiger charge is 2.20. The van der Waals surface area contributed by atoms with E-state index >= 15 is 0 Å². The van der Waals surface area contributed by atoms with E-state index in [4.69, 9.17) is 10.5 Å². The molecule has 1 aromatic carbocycles. The van der Waals surface area contributed by atoms with Gasteiger partial charge in [-0.15, -0.1) is 0 Å². The van der Waals surface area contributed by atoms with E-state index in [0.717, 1.165) is 36.6 Å². The summed E-state index contributed by atoms with van der Waals surface area (Å²) in [5.74, 6) is 0.843. The van der Waals surface area contributed by atoms with Crippen LogP contribution in [-0.4, -0.2) is 33.4 Å². The highest BCUT2D eigenvalue weighted by Crippen LogP contribution is 2.28. The number of halogens is 1. The summed E-state index contributed by atoms with van der Waals surface area (Å²) in [7, 11) is 2.10. The number of ether oxygens (including phenoxy) is 1. The molecule has 0 radical (unpaired) electrons. The van der Waals surface area contributed by atoms with Crippen molar-refractivity contribution in [2.75, 3.05) is 38.3 Å².